The molecule has 0 saturated carbocycles. The molecule has 0 aliphatic rings. The fraction of sp³-hybridized carbons (Fsp3) is 0.214. The molecule has 0 spiro atoms. The van der Waals surface area contributed by atoms with Crippen molar-refractivity contribution in [2.24, 2.45) is 0 Å². The SMILES string of the molecule is C=Cc1ccc2c(=O)ccn(C(C)C)c2c1. The maximum absolute atomic E-state index is 11.7. The third-order valence-electron chi connectivity index (χ3n) is 2.74. The third-order valence-corrected chi connectivity index (χ3v) is 2.74. The summed E-state index contributed by atoms with van der Waals surface area (Å²) >= 11 is 0. The Bertz CT molecular complexity index is 593. The Morgan fingerprint density at radius 3 is 2.69 bits per heavy atom. The Kier molecular flexibility index (Phi) is 2.65. The second-order valence-corrected chi connectivity index (χ2v) is 4.16. The Morgan fingerprint density at radius 2 is 2.06 bits per heavy atom. The highest BCUT2D eigenvalue weighted by Crippen LogP contribution is 2.17. The van der Waals surface area contributed by atoms with Crippen LogP contribution in [0.4, 0.5) is 0 Å². The molecule has 0 aliphatic heterocycles. The van der Waals surface area contributed by atoms with Crippen molar-refractivity contribution in [3.05, 3.63) is 52.8 Å². The maximum Gasteiger partial charge on any atom is 0.189 e. The van der Waals surface area contributed by atoms with Gasteiger partial charge < -0.3 is 4.57 Å². The summed E-state index contributed by atoms with van der Waals surface area (Å²) in [6, 6.07) is 7.75. The van der Waals surface area contributed by atoms with Gasteiger partial charge in [-0.05, 0) is 31.5 Å². The van der Waals surface area contributed by atoms with E-state index in [4.69, 9.17) is 0 Å². The number of aromatic nitrogens is 1. The smallest absolute Gasteiger partial charge is 0.189 e. The second-order valence-electron chi connectivity index (χ2n) is 4.16. The lowest BCUT2D eigenvalue weighted by molar-refractivity contribution is 0.618. The monoisotopic (exact) mass is 213 g/mol. The molecule has 0 bridgehead atoms. The van der Waals surface area contributed by atoms with Gasteiger partial charge in [0.25, 0.3) is 0 Å². The van der Waals surface area contributed by atoms with Crippen LogP contribution in [0.25, 0.3) is 17.0 Å². The molecule has 0 amide bonds. The summed E-state index contributed by atoms with van der Waals surface area (Å²) in [6.45, 7) is 7.95. The van der Waals surface area contributed by atoms with Crippen LogP contribution in [-0.2, 0) is 0 Å². The molecule has 0 aliphatic carbocycles. The van der Waals surface area contributed by atoms with Gasteiger partial charge in [-0.15, -0.1) is 0 Å². The standard InChI is InChI=1S/C14H15NO/c1-4-11-5-6-12-13(9-11)15(10(2)3)8-7-14(12)16/h4-10H,1H2,2-3H3. The minimum absolute atomic E-state index is 0.0718. The van der Waals surface area contributed by atoms with E-state index in [1.54, 1.807) is 12.1 Å². The Balaban J connectivity index is 2.88. The lowest BCUT2D eigenvalue weighted by atomic mass is 10.1. The molecule has 2 heteroatoms. The van der Waals surface area contributed by atoms with Crippen molar-refractivity contribution in [1.29, 1.82) is 0 Å². The zero-order valence-corrected chi connectivity index (χ0v) is 9.60. The van der Waals surface area contributed by atoms with E-state index >= 15 is 0 Å². The third kappa shape index (κ3) is 1.67. The molecule has 2 nitrogen and oxygen atoms in total. The zero-order valence-electron chi connectivity index (χ0n) is 9.60. The first-order valence-electron chi connectivity index (χ1n) is 5.41. The van der Waals surface area contributed by atoms with Gasteiger partial charge in [-0.3, -0.25) is 4.79 Å². The Morgan fingerprint density at radius 1 is 1.31 bits per heavy atom. The lowest BCUT2D eigenvalue weighted by Crippen LogP contribution is -2.09. The molecule has 16 heavy (non-hydrogen) atoms. The highest BCUT2D eigenvalue weighted by atomic mass is 16.1. The number of hydrogen-bond acceptors (Lipinski definition) is 1. The summed E-state index contributed by atoms with van der Waals surface area (Å²) in [6.07, 6.45) is 3.64. The molecule has 2 rings (SSSR count). The normalized spacial score (nSPS) is 10.9. The van der Waals surface area contributed by atoms with E-state index in [2.05, 4.69) is 25.0 Å². The molecule has 82 valence electrons. The van der Waals surface area contributed by atoms with Gasteiger partial charge in [-0.2, -0.15) is 0 Å². The van der Waals surface area contributed by atoms with Crippen LogP contribution in [0, 0.1) is 0 Å². The fourth-order valence-corrected chi connectivity index (χ4v) is 1.87. The highest BCUT2D eigenvalue weighted by molar-refractivity contribution is 5.81. The number of benzene rings is 1. The summed E-state index contributed by atoms with van der Waals surface area (Å²) in [4.78, 5) is 11.7. The van der Waals surface area contributed by atoms with Crippen LogP contribution in [0.2, 0.25) is 0 Å². The van der Waals surface area contributed by atoms with Crippen LogP contribution < -0.4 is 5.43 Å². The van der Waals surface area contributed by atoms with E-state index in [-0.39, 0.29) is 5.43 Å². The van der Waals surface area contributed by atoms with Gasteiger partial charge >= 0.3 is 0 Å². The average Bonchev–Trinajstić information content (AvgIpc) is 2.28. The largest absolute Gasteiger partial charge is 0.345 e. The van der Waals surface area contributed by atoms with Gasteiger partial charge in [-0.25, -0.2) is 0 Å². The first-order valence-corrected chi connectivity index (χ1v) is 5.41. The molecule has 1 heterocycles. The molecule has 1 aromatic heterocycles. The van der Waals surface area contributed by atoms with Crippen molar-refractivity contribution in [1.82, 2.24) is 4.57 Å². The number of hydrogen-bond donors (Lipinski definition) is 0. The summed E-state index contributed by atoms with van der Waals surface area (Å²) < 4.78 is 2.10. The average molecular weight is 213 g/mol. The van der Waals surface area contributed by atoms with Gasteiger partial charge in [0.05, 0.1) is 5.52 Å². The summed E-state index contributed by atoms with van der Waals surface area (Å²) in [5.41, 5.74) is 2.08. The van der Waals surface area contributed by atoms with E-state index in [1.807, 2.05) is 24.4 Å². The molecule has 0 radical (unpaired) electrons. The van der Waals surface area contributed by atoms with Crippen molar-refractivity contribution in [2.45, 2.75) is 19.9 Å². The van der Waals surface area contributed by atoms with E-state index in [0.717, 1.165) is 16.5 Å². The van der Waals surface area contributed by atoms with Gasteiger partial charge in [0, 0.05) is 23.7 Å². The van der Waals surface area contributed by atoms with Crippen molar-refractivity contribution >= 4 is 17.0 Å². The first-order chi connectivity index (χ1) is 7.63. The molecule has 2 aromatic rings. The molecule has 0 saturated heterocycles. The minimum Gasteiger partial charge on any atom is -0.345 e. The van der Waals surface area contributed by atoms with Gasteiger partial charge in [0.1, 0.15) is 0 Å². The minimum atomic E-state index is 0.0718. The van der Waals surface area contributed by atoms with Crippen LogP contribution >= 0.6 is 0 Å². The predicted molar refractivity (Wildman–Crippen MR) is 68.7 cm³/mol. The molecule has 0 atom stereocenters. The number of rotatable bonds is 2. The molecule has 0 N–H and O–H groups in total. The molecular formula is C14H15NO. The van der Waals surface area contributed by atoms with Crippen molar-refractivity contribution < 1.29 is 0 Å². The topological polar surface area (TPSA) is 22.0 Å². The maximum atomic E-state index is 11.7. The van der Waals surface area contributed by atoms with Crippen molar-refractivity contribution in [3.8, 4) is 0 Å². The van der Waals surface area contributed by atoms with E-state index in [0.29, 0.717) is 6.04 Å². The van der Waals surface area contributed by atoms with Crippen LogP contribution in [0.15, 0.2) is 41.8 Å². The first kappa shape index (κ1) is 10.7. The van der Waals surface area contributed by atoms with Gasteiger partial charge in [0.2, 0.25) is 0 Å². The van der Waals surface area contributed by atoms with E-state index < -0.39 is 0 Å². The number of pyridine rings is 1. The van der Waals surface area contributed by atoms with E-state index in [1.165, 1.54) is 0 Å². The van der Waals surface area contributed by atoms with E-state index in [9.17, 15) is 4.79 Å². The number of fused-ring (bicyclic) bond motifs is 1. The predicted octanol–water partition coefficient (Wildman–Crippen LogP) is 3.23. The quantitative estimate of drug-likeness (QED) is 0.750. The molecule has 1 aromatic carbocycles. The van der Waals surface area contributed by atoms with Crippen LogP contribution in [0.5, 0.6) is 0 Å². The summed E-state index contributed by atoms with van der Waals surface area (Å²) in [7, 11) is 0. The summed E-state index contributed by atoms with van der Waals surface area (Å²) in [5.74, 6) is 0. The van der Waals surface area contributed by atoms with Crippen molar-refractivity contribution in [3.63, 3.8) is 0 Å². The Labute approximate surface area is 94.8 Å². The lowest BCUT2D eigenvalue weighted by Gasteiger charge is -2.14. The molecular weight excluding hydrogens is 198 g/mol. The highest BCUT2D eigenvalue weighted by Gasteiger charge is 2.05. The fourth-order valence-electron chi connectivity index (χ4n) is 1.87. The van der Waals surface area contributed by atoms with Gasteiger partial charge in [0.15, 0.2) is 5.43 Å². The summed E-state index contributed by atoms with van der Waals surface area (Å²) in [5, 5.41) is 0.766. The number of nitrogens with zero attached hydrogens (tertiary/aromatic N) is 1. The Hall–Kier alpha value is -1.83. The van der Waals surface area contributed by atoms with Crippen molar-refractivity contribution in [2.75, 3.05) is 0 Å². The van der Waals surface area contributed by atoms with Crippen LogP contribution in [-0.4, -0.2) is 4.57 Å². The van der Waals surface area contributed by atoms with Gasteiger partial charge in [-0.1, -0.05) is 18.7 Å². The molecule has 0 fully saturated rings. The zero-order chi connectivity index (χ0) is 11.7. The van der Waals surface area contributed by atoms with Crippen LogP contribution in [0.3, 0.4) is 0 Å². The second kappa shape index (κ2) is 3.97. The molecule has 0 unspecified atom stereocenters. The van der Waals surface area contributed by atoms with Crippen LogP contribution in [0.1, 0.15) is 25.5 Å².